The standard InChI is InChI=1S/C13H19N5O3/c1-7(20-5)9-8(10(19)21-13(2,3)4)6-15-12-16-11(14)17-18(9)12/h6-7H,1-5H3,(H2,14,17)/t7-/m0/s1. The maximum absolute atomic E-state index is 12.3. The molecular weight excluding hydrogens is 274 g/mol. The first-order valence-corrected chi connectivity index (χ1v) is 6.50. The number of aromatic nitrogens is 4. The number of esters is 1. The summed E-state index contributed by atoms with van der Waals surface area (Å²) in [5.74, 6) is -0.114. The summed E-state index contributed by atoms with van der Waals surface area (Å²) >= 11 is 0. The van der Waals surface area contributed by atoms with Crippen molar-refractivity contribution in [1.82, 2.24) is 19.6 Å². The summed E-state index contributed by atoms with van der Waals surface area (Å²) in [6.07, 6.45) is 1.00. The number of carbonyl (C=O) groups excluding carboxylic acids is 1. The summed E-state index contributed by atoms with van der Waals surface area (Å²) in [6.45, 7) is 7.18. The fourth-order valence-corrected chi connectivity index (χ4v) is 1.86. The number of nitrogens with zero attached hydrogens (tertiary/aromatic N) is 4. The van der Waals surface area contributed by atoms with E-state index in [0.717, 1.165) is 0 Å². The Labute approximate surface area is 122 Å². The lowest BCUT2D eigenvalue weighted by Crippen LogP contribution is -2.26. The van der Waals surface area contributed by atoms with Gasteiger partial charge in [-0.05, 0) is 27.7 Å². The number of nitrogen functional groups attached to an aromatic ring is 1. The number of carbonyl (C=O) groups is 1. The van der Waals surface area contributed by atoms with E-state index < -0.39 is 17.7 Å². The molecule has 0 saturated heterocycles. The molecule has 1 atom stereocenters. The molecule has 0 unspecified atom stereocenters. The van der Waals surface area contributed by atoms with Gasteiger partial charge in [-0.15, -0.1) is 5.10 Å². The molecule has 2 heterocycles. The highest BCUT2D eigenvalue weighted by molar-refractivity contribution is 5.91. The number of hydrogen-bond acceptors (Lipinski definition) is 7. The Morgan fingerprint density at radius 1 is 1.43 bits per heavy atom. The first-order valence-electron chi connectivity index (χ1n) is 6.50. The summed E-state index contributed by atoms with van der Waals surface area (Å²) < 4.78 is 12.1. The Kier molecular flexibility index (Phi) is 3.82. The van der Waals surface area contributed by atoms with Gasteiger partial charge in [-0.25, -0.2) is 9.78 Å². The number of ether oxygens (including phenoxy) is 2. The number of hydrogen-bond donors (Lipinski definition) is 1. The molecule has 21 heavy (non-hydrogen) atoms. The zero-order valence-corrected chi connectivity index (χ0v) is 12.7. The van der Waals surface area contributed by atoms with Crippen molar-refractivity contribution in [3.8, 4) is 0 Å². The number of fused-ring (bicyclic) bond motifs is 1. The molecule has 0 saturated carbocycles. The zero-order valence-electron chi connectivity index (χ0n) is 12.7. The van der Waals surface area contributed by atoms with Crippen molar-refractivity contribution in [2.24, 2.45) is 0 Å². The van der Waals surface area contributed by atoms with Gasteiger partial charge in [-0.2, -0.15) is 9.50 Å². The highest BCUT2D eigenvalue weighted by Gasteiger charge is 2.26. The molecular formula is C13H19N5O3. The molecule has 0 aliphatic heterocycles. The Balaban J connectivity index is 2.59. The van der Waals surface area contributed by atoms with Gasteiger partial charge in [-0.1, -0.05) is 0 Å². The number of nitrogens with two attached hydrogens (primary N) is 1. The molecule has 2 aromatic heterocycles. The molecule has 2 aromatic rings. The third-order valence-electron chi connectivity index (χ3n) is 2.78. The van der Waals surface area contributed by atoms with Gasteiger partial charge in [-0.3, -0.25) is 0 Å². The lowest BCUT2D eigenvalue weighted by molar-refractivity contribution is 0.00603. The van der Waals surface area contributed by atoms with Gasteiger partial charge in [0, 0.05) is 13.3 Å². The molecule has 0 aliphatic carbocycles. The van der Waals surface area contributed by atoms with Crippen LogP contribution in [-0.4, -0.2) is 38.3 Å². The van der Waals surface area contributed by atoms with Crippen LogP contribution in [0.2, 0.25) is 0 Å². The van der Waals surface area contributed by atoms with Crippen LogP contribution in [0, 0.1) is 0 Å². The number of rotatable bonds is 3. The van der Waals surface area contributed by atoms with E-state index >= 15 is 0 Å². The molecule has 0 bridgehead atoms. The predicted octanol–water partition coefficient (Wildman–Crippen LogP) is 1.37. The second kappa shape index (κ2) is 5.28. The van der Waals surface area contributed by atoms with Crippen molar-refractivity contribution in [2.45, 2.75) is 39.4 Å². The fourth-order valence-electron chi connectivity index (χ4n) is 1.86. The summed E-state index contributed by atoms with van der Waals surface area (Å²) in [5.41, 5.74) is 5.75. The Morgan fingerprint density at radius 2 is 2.10 bits per heavy atom. The third-order valence-corrected chi connectivity index (χ3v) is 2.78. The molecule has 0 fully saturated rings. The second-order valence-electron chi connectivity index (χ2n) is 5.62. The van der Waals surface area contributed by atoms with Crippen LogP contribution >= 0.6 is 0 Å². The van der Waals surface area contributed by atoms with Crippen molar-refractivity contribution in [3.63, 3.8) is 0 Å². The summed E-state index contributed by atoms with van der Waals surface area (Å²) in [7, 11) is 1.54. The van der Waals surface area contributed by atoms with Crippen molar-refractivity contribution < 1.29 is 14.3 Å². The van der Waals surface area contributed by atoms with Gasteiger partial charge in [0.25, 0.3) is 5.78 Å². The highest BCUT2D eigenvalue weighted by Crippen LogP contribution is 2.23. The monoisotopic (exact) mass is 293 g/mol. The van der Waals surface area contributed by atoms with E-state index in [4.69, 9.17) is 15.2 Å². The van der Waals surface area contributed by atoms with Crippen molar-refractivity contribution in [2.75, 3.05) is 12.8 Å². The van der Waals surface area contributed by atoms with Crippen molar-refractivity contribution in [3.05, 3.63) is 17.5 Å². The van der Waals surface area contributed by atoms with Crippen LogP contribution in [0.15, 0.2) is 6.20 Å². The minimum atomic E-state index is -0.610. The molecule has 8 nitrogen and oxygen atoms in total. The van der Waals surface area contributed by atoms with Gasteiger partial charge in [0.15, 0.2) is 0 Å². The van der Waals surface area contributed by atoms with Crippen LogP contribution in [-0.2, 0) is 9.47 Å². The zero-order chi connectivity index (χ0) is 15.8. The van der Waals surface area contributed by atoms with Crippen LogP contribution in [0.25, 0.3) is 5.78 Å². The van der Waals surface area contributed by atoms with Crippen molar-refractivity contribution in [1.29, 1.82) is 0 Å². The summed E-state index contributed by atoms with van der Waals surface area (Å²) in [4.78, 5) is 20.4. The van der Waals surface area contributed by atoms with E-state index in [0.29, 0.717) is 11.5 Å². The van der Waals surface area contributed by atoms with Crippen LogP contribution in [0.4, 0.5) is 5.95 Å². The summed E-state index contributed by atoms with van der Waals surface area (Å²) in [6, 6.07) is 0. The smallest absolute Gasteiger partial charge is 0.342 e. The van der Waals surface area contributed by atoms with E-state index in [1.165, 1.54) is 17.8 Å². The quantitative estimate of drug-likeness (QED) is 0.852. The molecule has 0 amide bonds. The molecule has 0 aliphatic rings. The molecule has 8 heteroatoms. The minimum Gasteiger partial charge on any atom is -0.456 e. The van der Waals surface area contributed by atoms with Crippen LogP contribution in [0.5, 0.6) is 0 Å². The fraction of sp³-hybridized carbons (Fsp3) is 0.538. The topological polar surface area (TPSA) is 105 Å². The maximum atomic E-state index is 12.3. The molecule has 114 valence electrons. The van der Waals surface area contributed by atoms with Gasteiger partial charge in [0.2, 0.25) is 5.95 Å². The van der Waals surface area contributed by atoms with E-state index in [2.05, 4.69) is 15.1 Å². The van der Waals surface area contributed by atoms with Gasteiger partial charge in [0.1, 0.15) is 11.2 Å². The van der Waals surface area contributed by atoms with Crippen LogP contribution in [0.1, 0.15) is 49.9 Å². The normalized spacial score (nSPS) is 13.4. The number of methoxy groups -OCH3 is 1. The first-order chi connectivity index (χ1) is 9.73. The average molecular weight is 293 g/mol. The first kappa shape index (κ1) is 15.2. The molecule has 2 N–H and O–H groups in total. The lowest BCUT2D eigenvalue weighted by Gasteiger charge is -2.21. The van der Waals surface area contributed by atoms with E-state index in [1.807, 2.05) is 0 Å². The third kappa shape index (κ3) is 3.10. The Morgan fingerprint density at radius 3 is 2.67 bits per heavy atom. The maximum Gasteiger partial charge on any atom is 0.342 e. The average Bonchev–Trinajstić information content (AvgIpc) is 2.74. The largest absolute Gasteiger partial charge is 0.456 e. The molecule has 0 radical (unpaired) electrons. The van der Waals surface area contributed by atoms with Crippen LogP contribution in [0.3, 0.4) is 0 Å². The minimum absolute atomic E-state index is 0.0772. The van der Waals surface area contributed by atoms with E-state index in [1.54, 1.807) is 27.7 Å². The Hall–Kier alpha value is -2.22. The van der Waals surface area contributed by atoms with Gasteiger partial charge >= 0.3 is 5.97 Å². The van der Waals surface area contributed by atoms with E-state index in [9.17, 15) is 4.79 Å². The van der Waals surface area contributed by atoms with Gasteiger partial charge in [0.05, 0.1) is 11.8 Å². The van der Waals surface area contributed by atoms with Crippen LogP contribution < -0.4 is 5.73 Å². The molecule has 2 rings (SSSR count). The lowest BCUT2D eigenvalue weighted by atomic mass is 10.1. The van der Waals surface area contributed by atoms with Crippen molar-refractivity contribution >= 4 is 17.7 Å². The second-order valence-corrected chi connectivity index (χ2v) is 5.62. The molecule has 0 spiro atoms. The predicted molar refractivity (Wildman–Crippen MR) is 75.8 cm³/mol. The highest BCUT2D eigenvalue weighted by atomic mass is 16.6. The van der Waals surface area contributed by atoms with Gasteiger partial charge < -0.3 is 15.2 Å². The Bertz CT molecular complexity index is 674. The molecule has 0 aromatic carbocycles. The van der Waals surface area contributed by atoms with E-state index in [-0.39, 0.29) is 11.5 Å². The summed E-state index contributed by atoms with van der Waals surface area (Å²) in [5, 5.41) is 4.05. The number of anilines is 1. The SMILES string of the molecule is CO[C@@H](C)c1c(C(=O)OC(C)(C)C)cnc2nc(N)nn12.